The molecule has 0 radical (unpaired) electrons. The maximum atomic E-state index is 13.7. The molecule has 0 aliphatic carbocycles. The van der Waals surface area contributed by atoms with Crippen LogP contribution in [0.4, 0.5) is 10.5 Å². The molecule has 0 bridgehead atoms. The predicted octanol–water partition coefficient (Wildman–Crippen LogP) is 5.63. The van der Waals surface area contributed by atoms with Crippen LogP contribution in [0.1, 0.15) is 22.9 Å². The van der Waals surface area contributed by atoms with Crippen LogP contribution in [0.5, 0.6) is 11.5 Å². The van der Waals surface area contributed by atoms with Gasteiger partial charge in [-0.15, -0.1) is 0 Å². The van der Waals surface area contributed by atoms with Crippen molar-refractivity contribution in [2.45, 2.75) is 12.6 Å². The number of amides is 2. The lowest BCUT2D eigenvalue weighted by molar-refractivity contribution is 0.194. The monoisotopic (exact) mass is 439 g/mol. The van der Waals surface area contributed by atoms with E-state index in [0.29, 0.717) is 12.2 Å². The van der Waals surface area contributed by atoms with Crippen LogP contribution in [0.25, 0.3) is 5.69 Å². The molecular weight excluding hydrogens is 414 g/mol. The van der Waals surface area contributed by atoms with E-state index in [4.69, 9.17) is 9.47 Å². The van der Waals surface area contributed by atoms with E-state index in [1.807, 2.05) is 71.6 Å². The fourth-order valence-electron chi connectivity index (χ4n) is 4.35. The third-order valence-corrected chi connectivity index (χ3v) is 6.00. The first kappa shape index (κ1) is 20.7. The van der Waals surface area contributed by atoms with Crippen molar-refractivity contribution in [3.8, 4) is 17.2 Å². The van der Waals surface area contributed by atoms with Gasteiger partial charge in [0.2, 0.25) is 0 Å². The van der Waals surface area contributed by atoms with Crippen LogP contribution in [0.3, 0.4) is 0 Å². The number of nitrogens with zero attached hydrogens (tertiary/aromatic N) is 2. The number of benzene rings is 3. The molecule has 1 unspecified atom stereocenters. The van der Waals surface area contributed by atoms with E-state index in [1.165, 1.54) is 0 Å². The number of carbonyl (C=O) groups excluding carboxylic acids is 1. The van der Waals surface area contributed by atoms with E-state index in [2.05, 4.69) is 34.3 Å². The molecule has 166 valence electrons. The summed E-state index contributed by atoms with van der Waals surface area (Å²) < 4.78 is 12.8. The van der Waals surface area contributed by atoms with Crippen LogP contribution >= 0.6 is 0 Å². The summed E-state index contributed by atoms with van der Waals surface area (Å²) in [6.07, 6.45) is 2.05. The molecule has 0 fully saturated rings. The first-order valence-electron chi connectivity index (χ1n) is 10.8. The zero-order valence-corrected chi connectivity index (χ0v) is 18.6. The van der Waals surface area contributed by atoms with Crippen LogP contribution in [0.15, 0.2) is 91.1 Å². The summed E-state index contributed by atoms with van der Waals surface area (Å²) in [6.45, 7) is 0.469. The molecule has 1 aliphatic heterocycles. The number of aromatic nitrogens is 1. The summed E-state index contributed by atoms with van der Waals surface area (Å²) >= 11 is 0. The van der Waals surface area contributed by atoms with E-state index in [-0.39, 0.29) is 12.1 Å². The van der Waals surface area contributed by atoms with Gasteiger partial charge in [0.15, 0.2) is 0 Å². The van der Waals surface area contributed by atoms with Crippen LogP contribution in [0.2, 0.25) is 0 Å². The average molecular weight is 440 g/mol. The van der Waals surface area contributed by atoms with Gasteiger partial charge in [-0.05, 0) is 65.7 Å². The van der Waals surface area contributed by atoms with Gasteiger partial charge in [-0.2, -0.15) is 0 Å². The summed E-state index contributed by atoms with van der Waals surface area (Å²) in [5, 5.41) is 3.06. The predicted molar refractivity (Wildman–Crippen MR) is 128 cm³/mol. The quantitative estimate of drug-likeness (QED) is 0.448. The van der Waals surface area contributed by atoms with Crippen molar-refractivity contribution in [2.24, 2.45) is 0 Å². The molecule has 1 atom stereocenters. The number of urea groups is 1. The normalized spacial score (nSPS) is 14.6. The number of ether oxygens (including phenoxy) is 2. The molecule has 3 aromatic carbocycles. The summed E-state index contributed by atoms with van der Waals surface area (Å²) in [6, 6.07) is 27.1. The standard InChI is InChI=1S/C27H25N3O3/c1-32-22-13-9-19(10-14-22)26-25-8-5-17-29(25)24-7-4-3-6-20(24)18-30(26)27(31)28-21-11-15-23(33-2)16-12-21/h3-17,26H,18H2,1-2H3,(H,28,31). The molecule has 2 heterocycles. The summed E-state index contributed by atoms with van der Waals surface area (Å²) in [5.41, 5.74) is 4.90. The summed E-state index contributed by atoms with van der Waals surface area (Å²) in [5.74, 6) is 1.52. The molecule has 1 aromatic heterocycles. The molecule has 33 heavy (non-hydrogen) atoms. The number of carbonyl (C=O) groups is 1. The first-order valence-corrected chi connectivity index (χ1v) is 10.8. The number of anilines is 1. The van der Waals surface area contributed by atoms with Gasteiger partial charge in [-0.25, -0.2) is 4.79 Å². The number of fused-ring (bicyclic) bond motifs is 3. The fourth-order valence-corrected chi connectivity index (χ4v) is 4.35. The SMILES string of the molecule is COc1ccc(NC(=O)N2Cc3ccccc3-n3cccc3C2c2ccc(OC)cc2)cc1. The topological polar surface area (TPSA) is 55.7 Å². The van der Waals surface area contributed by atoms with Crippen molar-refractivity contribution in [2.75, 3.05) is 19.5 Å². The Morgan fingerprint density at radius 3 is 2.21 bits per heavy atom. The molecule has 5 rings (SSSR count). The lowest BCUT2D eigenvalue weighted by atomic mass is 10.0. The maximum absolute atomic E-state index is 13.7. The Bertz CT molecular complexity index is 1260. The molecule has 1 N–H and O–H groups in total. The molecule has 0 saturated carbocycles. The minimum Gasteiger partial charge on any atom is -0.497 e. The lowest BCUT2D eigenvalue weighted by Gasteiger charge is -2.31. The van der Waals surface area contributed by atoms with Gasteiger partial charge in [0.1, 0.15) is 11.5 Å². The van der Waals surface area contributed by atoms with Crippen LogP contribution in [0, 0.1) is 0 Å². The number of nitrogens with one attached hydrogen (secondary N) is 1. The molecule has 4 aromatic rings. The molecule has 0 saturated heterocycles. The highest BCUT2D eigenvalue weighted by atomic mass is 16.5. The van der Waals surface area contributed by atoms with Crippen molar-refractivity contribution in [3.05, 3.63) is 108 Å². The highest BCUT2D eigenvalue weighted by Gasteiger charge is 2.33. The van der Waals surface area contributed by atoms with E-state index in [9.17, 15) is 4.79 Å². The highest BCUT2D eigenvalue weighted by Crippen LogP contribution is 2.37. The Hall–Kier alpha value is -4.19. The van der Waals surface area contributed by atoms with Gasteiger partial charge in [0.25, 0.3) is 0 Å². The largest absolute Gasteiger partial charge is 0.497 e. The fraction of sp³-hybridized carbons (Fsp3) is 0.148. The summed E-state index contributed by atoms with van der Waals surface area (Å²) in [4.78, 5) is 15.6. The van der Waals surface area contributed by atoms with Crippen molar-refractivity contribution >= 4 is 11.7 Å². The third-order valence-electron chi connectivity index (χ3n) is 6.00. The molecular formula is C27H25N3O3. The Labute approximate surface area is 193 Å². The minimum atomic E-state index is -0.281. The highest BCUT2D eigenvalue weighted by molar-refractivity contribution is 5.90. The van der Waals surface area contributed by atoms with Crippen LogP contribution < -0.4 is 14.8 Å². The molecule has 1 aliphatic rings. The second kappa shape index (κ2) is 8.74. The van der Waals surface area contributed by atoms with Crippen LogP contribution in [-0.4, -0.2) is 29.7 Å². The molecule has 6 nitrogen and oxygen atoms in total. The Kier molecular flexibility index (Phi) is 5.48. The van der Waals surface area contributed by atoms with Gasteiger partial charge in [-0.1, -0.05) is 30.3 Å². The van der Waals surface area contributed by atoms with Crippen molar-refractivity contribution in [1.29, 1.82) is 0 Å². The van der Waals surface area contributed by atoms with Crippen molar-refractivity contribution in [3.63, 3.8) is 0 Å². The van der Waals surface area contributed by atoms with Gasteiger partial charge in [0, 0.05) is 17.6 Å². The number of rotatable bonds is 4. The molecule has 6 heteroatoms. The summed E-state index contributed by atoms with van der Waals surface area (Å²) in [7, 11) is 3.27. The maximum Gasteiger partial charge on any atom is 0.322 e. The van der Waals surface area contributed by atoms with Gasteiger partial charge >= 0.3 is 6.03 Å². The number of para-hydroxylation sites is 1. The lowest BCUT2D eigenvalue weighted by Crippen LogP contribution is -2.37. The van der Waals surface area contributed by atoms with Crippen molar-refractivity contribution < 1.29 is 14.3 Å². The number of methoxy groups -OCH3 is 2. The van der Waals surface area contributed by atoms with Crippen LogP contribution in [-0.2, 0) is 6.54 Å². The average Bonchev–Trinajstić information content (AvgIpc) is 3.29. The van der Waals surface area contributed by atoms with E-state index < -0.39 is 0 Å². The minimum absolute atomic E-state index is 0.176. The Morgan fingerprint density at radius 1 is 0.848 bits per heavy atom. The molecule has 2 amide bonds. The molecule has 0 spiro atoms. The zero-order chi connectivity index (χ0) is 22.8. The van der Waals surface area contributed by atoms with Crippen molar-refractivity contribution in [1.82, 2.24) is 9.47 Å². The van der Waals surface area contributed by atoms with Gasteiger partial charge < -0.3 is 24.3 Å². The van der Waals surface area contributed by atoms with E-state index in [0.717, 1.165) is 34.0 Å². The third kappa shape index (κ3) is 3.91. The number of hydrogen-bond donors (Lipinski definition) is 1. The number of hydrogen-bond acceptors (Lipinski definition) is 3. The first-order chi connectivity index (χ1) is 16.2. The van der Waals surface area contributed by atoms with E-state index >= 15 is 0 Å². The second-order valence-corrected chi connectivity index (χ2v) is 7.89. The Morgan fingerprint density at radius 2 is 1.52 bits per heavy atom. The van der Waals surface area contributed by atoms with Gasteiger partial charge in [-0.3, -0.25) is 0 Å². The smallest absolute Gasteiger partial charge is 0.322 e. The second-order valence-electron chi connectivity index (χ2n) is 7.89. The van der Waals surface area contributed by atoms with Gasteiger partial charge in [0.05, 0.1) is 32.5 Å². The van der Waals surface area contributed by atoms with E-state index in [1.54, 1.807) is 14.2 Å². The Balaban J connectivity index is 1.58. The zero-order valence-electron chi connectivity index (χ0n) is 18.6.